The predicted molar refractivity (Wildman–Crippen MR) is 86.4 cm³/mol. The molecule has 3 atom stereocenters. The van der Waals surface area contributed by atoms with Gasteiger partial charge in [-0.2, -0.15) is 0 Å². The standard InChI is InChI=1S/C18H28N2O/c1-2-18-16(9-12-21-18)13-20-11-6-10-19-17(14-20)15-7-4-3-5-8-15/h3-5,7-8,16-19H,2,6,9-14H2,1H3. The molecule has 2 aliphatic rings. The summed E-state index contributed by atoms with van der Waals surface area (Å²) in [5.74, 6) is 0.726. The quantitative estimate of drug-likeness (QED) is 0.922. The number of hydrogen-bond acceptors (Lipinski definition) is 3. The Balaban J connectivity index is 1.62. The number of hydrogen-bond donors (Lipinski definition) is 1. The minimum Gasteiger partial charge on any atom is -0.378 e. The van der Waals surface area contributed by atoms with Crippen LogP contribution in [0.5, 0.6) is 0 Å². The Morgan fingerprint density at radius 3 is 2.95 bits per heavy atom. The average Bonchev–Trinajstić information content (AvgIpc) is 2.84. The number of benzene rings is 1. The number of rotatable bonds is 4. The van der Waals surface area contributed by atoms with E-state index in [0.29, 0.717) is 12.1 Å². The fraction of sp³-hybridized carbons (Fsp3) is 0.667. The van der Waals surface area contributed by atoms with Gasteiger partial charge in [0.25, 0.3) is 0 Å². The van der Waals surface area contributed by atoms with Crippen molar-refractivity contribution in [2.24, 2.45) is 5.92 Å². The molecule has 0 spiro atoms. The van der Waals surface area contributed by atoms with Gasteiger partial charge in [0, 0.05) is 25.7 Å². The van der Waals surface area contributed by atoms with Crippen LogP contribution in [-0.4, -0.2) is 43.8 Å². The smallest absolute Gasteiger partial charge is 0.0613 e. The molecule has 1 aromatic rings. The van der Waals surface area contributed by atoms with Crippen LogP contribution in [-0.2, 0) is 4.74 Å². The van der Waals surface area contributed by atoms with Crippen LogP contribution >= 0.6 is 0 Å². The fourth-order valence-electron chi connectivity index (χ4n) is 3.75. The summed E-state index contributed by atoms with van der Waals surface area (Å²) < 4.78 is 5.86. The molecule has 3 unspecified atom stereocenters. The highest BCUT2D eigenvalue weighted by molar-refractivity contribution is 5.19. The summed E-state index contributed by atoms with van der Waals surface area (Å²) >= 11 is 0. The van der Waals surface area contributed by atoms with Gasteiger partial charge in [-0.15, -0.1) is 0 Å². The largest absolute Gasteiger partial charge is 0.378 e. The summed E-state index contributed by atoms with van der Waals surface area (Å²) in [6, 6.07) is 11.3. The second-order valence-electron chi connectivity index (χ2n) is 6.40. The Kier molecular flexibility index (Phi) is 5.28. The molecule has 1 N–H and O–H groups in total. The summed E-state index contributed by atoms with van der Waals surface area (Å²) in [6.45, 7) is 7.86. The van der Waals surface area contributed by atoms with Crippen LogP contribution in [0.1, 0.15) is 37.8 Å². The summed E-state index contributed by atoms with van der Waals surface area (Å²) in [5.41, 5.74) is 1.42. The van der Waals surface area contributed by atoms with E-state index in [1.807, 2.05) is 0 Å². The number of nitrogens with one attached hydrogen (secondary N) is 1. The second kappa shape index (κ2) is 7.39. The zero-order valence-electron chi connectivity index (χ0n) is 13.1. The van der Waals surface area contributed by atoms with E-state index in [9.17, 15) is 0 Å². The fourth-order valence-corrected chi connectivity index (χ4v) is 3.75. The second-order valence-corrected chi connectivity index (χ2v) is 6.40. The van der Waals surface area contributed by atoms with E-state index in [4.69, 9.17) is 4.74 Å². The molecule has 0 aromatic heterocycles. The van der Waals surface area contributed by atoms with Gasteiger partial charge in [-0.05, 0) is 43.8 Å². The molecule has 0 amide bonds. The van der Waals surface area contributed by atoms with Crippen molar-refractivity contribution in [2.45, 2.75) is 38.3 Å². The molecule has 3 nitrogen and oxygen atoms in total. The van der Waals surface area contributed by atoms with Gasteiger partial charge in [0.1, 0.15) is 0 Å². The van der Waals surface area contributed by atoms with Gasteiger partial charge in [0.05, 0.1) is 6.10 Å². The Morgan fingerprint density at radius 1 is 1.29 bits per heavy atom. The Bertz CT molecular complexity index is 422. The number of nitrogens with zero attached hydrogens (tertiary/aromatic N) is 1. The molecule has 2 heterocycles. The Hall–Kier alpha value is -0.900. The van der Waals surface area contributed by atoms with Crippen molar-refractivity contribution >= 4 is 0 Å². The molecule has 3 rings (SSSR count). The lowest BCUT2D eigenvalue weighted by atomic mass is 9.98. The van der Waals surface area contributed by atoms with E-state index < -0.39 is 0 Å². The third-order valence-electron chi connectivity index (χ3n) is 4.93. The van der Waals surface area contributed by atoms with Gasteiger partial charge >= 0.3 is 0 Å². The first-order valence-corrected chi connectivity index (χ1v) is 8.49. The molecule has 2 saturated heterocycles. The molecule has 2 fully saturated rings. The van der Waals surface area contributed by atoms with Crippen molar-refractivity contribution in [2.75, 3.05) is 32.8 Å². The normalized spacial score (nSPS) is 31.2. The molecule has 21 heavy (non-hydrogen) atoms. The predicted octanol–water partition coefficient (Wildman–Crippen LogP) is 2.84. The maximum Gasteiger partial charge on any atom is 0.0613 e. The van der Waals surface area contributed by atoms with Gasteiger partial charge in [0.15, 0.2) is 0 Å². The SMILES string of the molecule is CCC1OCCC1CN1CCCNC(c2ccccc2)C1. The van der Waals surface area contributed by atoms with E-state index in [-0.39, 0.29) is 0 Å². The van der Waals surface area contributed by atoms with Crippen LogP contribution in [0.15, 0.2) is 30.3 Å². The van der Waals surface area contributed by atoms with Crippen LogP contribution < -0.4 is 5.32 Å². The molecule has 0 bridgehead atoms. The molecule has 0 aliphatic carbocycles. The Labute approximate surface area is 128 Å². The minimum absolute atomic E-state index is 0.469. The van der Waals surface area contributed by atoms with E-state index >= 15 is 0 Å². The zero-order chi connectivity index (χ0) is 14.5. The third kappa shape index (κ3) is 3.85. The molecule has 2 aliphatic heterocycles. The third-order valence-corrected chi connectivity index (χ3v) is 4.93. The Morgan fingerprint density at radius 2 is 2.14 bits per heavy atom. The molecule has 1 aromatic carbocycles. The van der Waals surface area contributed by atoms with Crippen LogP contribution in [0, 0.1) is 5.92 Å². The first-order valence-electron chi connectivity index (χ1n) is 8.49. The van der Waals surface area contributed by atoms with Gasteiger partial charge in [-0.1, -0.05) is 37.3 Å². The van der Waals surface area contributed by atoms with Gasteiger partial charge in [0.2, 0.25) is 0 Å². The molecule has 0 radical (unpaired) electrons. The van der Waals surface area contributed by atoms with Gasteiger partial charge in [-0.25, -0.2) is 0 Å². The van der Waals surface area contributed by atoms with E-state index in [0.717, 1.165) is 32.0 Å². The first-order chi connectivity index (χ1) is 10.4. The first kappa shape index (κ1) is 15.0. The molecule has 0 saturated carbocycles. The average molecular weight is 288 g/mol. The minimum atomic E-state index is 0.469. The van der Waals surface area contributed by atoms with Crippen molar-refractivity contribution in [3.05, 3.63) is 35.9 Å². The lowest BCUT2D eigenvalue weighted by Crippen LogP contribution is -2.36. The molecule has 116 valence electrons. The van der Waals surface area contributed by atoms with Gasteiger partial charge in [-0.3, -0.25) is 0 Å². The highest BCUT2D eigenvalue weighted by atomic mass is 16.5. The van der Waals surface area contributed by atoms with Crippen LogP contribution in [0.2, 0.25) is 0 Å². The van der Waals surface area contributed by atoms with Crippen molar-refractivity contribution in [3.8, 4) is 0 Å². The molecular formula is C18H28N2O. The molecule has 3 heteroatoms. The van der Waals surface area contributed by atoms with Crippen LogP contribution in [0.25, 0.3) is 0 Å². The summed E-state index contributed by atoms with van der Waals surface area (Å²) in [7, 11) is 0. The number of ether oxygens (including phenoxy) is 1. The summed E-state index contributed by atoms with van der Waals surface area (Å²) in [6.07, 6.45) is 4.11. The van der Waals surface area contributed by atoms with Crippen LogP contribution in [0.4, 0.5) is 0 Å². The lowest BCUT2D eigenvalue weighted by Gasteiger charge is -2.28. The van der Waals surface area contributed by atoms with Crippen molar-refractivity contribution in [1.82, 2.24) is 10.2 Å². The lowest BCUT2D eigenvalue weighted by molar-refractivity contribution is 0.0751. The summed E-state index contributed by atoms with van der Waals surface area (Å²) in [4.78, 5) is 2.65. The summed E-state index contributed by atoms with van der Waals surface area (Å²) in [5, 5.41) is 3.71. The van der Waals surface area contributed by atoms with Crippen molar-refractivity contribution < 1.29 is 4.74 Å². The van der Waals surface area contributed by atoms with Crippen molar-refractivity contribution in [3.63, 3.8) is 0 Å². The van der Waals surface area contributed by atoms with Crippen molar-refractivity contribution in [1.29, 1.82) is 0 Å². The highest BCUT2D eigenvalue weighted by Crippen LogP contribution is 2.26. The zero-order valence-corrected chi connectivity index (χ0v) is 13.1. The topological polar surface area (TPSA) is 24.5 Å². The van der Waals surface area contributed by atoms with E-state index in [2.05, 4.69) is 47.5 Å². The molecular weight excluding hydrogens is 260 g/mol. The maximum atomic E-state index is 5.86. The maximum absolute atomic E-state index is 5.86. The van der Waals surface area contributed by atoms with E-state index in [1.165, 1.54) is 31.5 Å². The van der Waals surface area contributed by atoms with E-state index in [1.54, 1.807) is 0 Å². The van der Waals surface area contributed by atoms with Gasteiger partial charge < -0.3 is 15.0 Å². The van der Waals surface area contributed by atoms with Crippen LogP contribution in [0.3, 0.4) is 0 Å². The monoisotopic (exact) mass is 288 g/mol. The highest BCUT2D eigenvalue weighted by Gasteiger charge is 2.29.